The summed E-state index contributed by atoms with van der Waals surface area (Å²) in [5, 5.41) is 0. The first-order chi connectivity index (χ1) is 10.3. The van der Waals surface area contributed by atoms with E-state index in [1.54, 1.807) is 11.1 Å². The predicted octanol–water partition coefficient (Wildman–Crippen LogP) is 6.88. The van der Waals surface area contributed by atoms with Crippen LogP contribution in [0.5, 0.6) is 0 Å². The number of benzene rings is 1. The Kier molecular flexibility index (Phi) is 7.06. The van der Waals surface area contributed by atoms with E-state index in [1.165, 1.54) is 57.8 Å². The Bertz CT molecular complexity index is 415. The van der Waals surface area contributed by atoms with Crippen molar-refractivity contribution in [2.24, 2.45) is 5.92 Å². The van der Waals surface area contributed by atoms with Gasteiger partial charge in [-0.3, -0.25) is 0 Å². The Hall–Kier alpha value is -1.04. The molecule has 116 valence electrons. The van der Waals surface area contributed by atoms with Crippen molar-refractivity contribution in [3.63, 3.8) is 0 Å². The van der Waals surface area contributed by atoms with Crippen molar-refractivity contribution in [2.75, 3.05) is 0 Å². The summed E-state index contributed by atoms with van der Waals surface area (Å²) in [6, 6.07) is 11.0. The van der Waals surface area contributed by atoms with Crippen LogP contribution in [0.1, 0.15) is 83.1 Å². The number of unbranched alkanes of at least 4 members (excludes halogenated alkanes) is 6. The van der Waals surface area contributed by atoms with Crippen LogP contribution in [-0.2, 0) is 0 Å². The van der Waals surface area contributed by atoms with Crippen molar-refractivity contribution in [1.29, 1.82) is 0 Å². The molecule has 1 saturated carbocycles. The molecule has 0 heteroatoms. The lowest BCUT2D eigenvalue weighted by Gasteiger charge is -2.03. The van der Waals surface area contributed by atoms with Crippen LogP contribution in [-0.4, -0.2) is 0 Å². The third-order valence-corrected chi connectivity index (χ3v) is 4.78. The van der Waals surface area contributed by atoms with Gasteiger partial charge in [0.05, 0.1) is 0 Å². The van der Waals surface area contributed by atoms with Crippen LogP contribution in [0.4, 0.5) is 0 Å². The second kappa shape index (κ2) is 9.07. The number of hydrogen-bond acceptors (Lipinski definition) is 0. The summed E-state index contributed by atoms with van der Waals surface area (Å²) in [7, 11) is 0. The fourth-order valence-corrected chi connectivity index (χ4v) is 3.35. The van der Waals surface area contributed by atoms with Gasteiger partial charge in [0.15, 0.2) is 0 Å². The summed E-state index contributed by atoms with van der Waals surface area (Å²) in [5.41, 5.74) is 3.17. The summed E-state index contributed by atoms with van der Waals surface area (Å²) >= 11 is 0. The summed E-state index contributed by atoms with van der Waals surface area (Å²) in [6.45, 7) is 4.62. The van der Waals surface area contributed by atoms with Crippen LogP contribution in [0.3, 0.4) is 0 Å². The normalized spacial score (nSPS) is 21.5. The van der Waals surface area contributed by atoms with Crippen molar-refractivity contribution >= 4 is 0 Å². The van der Waals surface area contributed by atoms with Gasteiger partial charge in [-0.2, -0.15) is 0 Å². The fourth-order valence-electron chi connectivity index (χ4n) is 3.35. The monoisotopic (exact) mass is 284 g/mol. The fraction of sp³-hybridized carbons (Fsp3) is 0.619. The highest BCUT2D eigenvalue weighted by Crippen LogP contribution is 2.50. The second-order valence-electron chi connectivity index (χ2n) is 6.82. The quantitative estimate of drug-likeness (QED) is 0.324. The van der Waals surface area contributed by atoms with Gasteiger partial charge in [0.25, 0.3) is 0 Å². The third kappa shape index (κ3) is 6.08. The van der Waals surface area contributed by atoms with E-state index in [-0.39, 0.29) is 0 Å². The highest BCUT2D eigenvalue weighted by atomic mass is 14.4. The maximum absolute atomic E-state index is 2.50. The van der Waals surface area contributed by atoms with E-state index in [0.717, 1.165) is 11.8 Å². The van der Waals surface area contributed by atoms with Crippen LogP contribution in [0.15, 0.2) is 42.0 Å². The summed E-state index contributed by atoms with van der Waals surface area (Å²) < 4.78 is 0. The topological polar surface area (TPSA) is 0 Å². The minimum Gasteiger partial charge on any atom is -0.0856 e. The molecule has 0 heterocycles. The molecule has 1 aromatic rings. The minimum absolute atomic E-state index is 0.837. The highest BCUT2D eigenvalue weighted by molar-refractivity contribution is 5.26. The van der Waals surface area contributed by atoms with E-state index in [9.17, 15) is 0 Å². The van der Waals surface area contributed by atoms with E-state index in [4.69, 9.17) is 0 Å². The van der Waals surface area contributed by atoms with Crippen molar-refractivity contribution in [1.82, 2.24) is 0 Å². The Labute approximate surface area is 131 Å². The molecule has 0 unspecified atom stereocenters. The van der Waals surface area contributed by atoms with Gasteiger partial charge in [0.2, 0.25) is 0 Å². The zero-order valence-corrected chi connectivity index (χ0v) is 14.0. The molecule has 0 spiro atoms. The van der Waals surface area contributed by atoms with Gasteiger partial charge in [-0.05, 0) is 50.0 Å². The number of rotatable bonds is 10. The zero-order valence-electron chi connectivity index (χ0n) is 14.0. The van der Waals surface area contributed by atoms with Gasteiger partial charge >= 0.3 is 0 Å². The lowest BCUT2D eigenvalue weighted by atomic mass is 10.0. The van der Waals surface area contributed by atoms with E-state index >= 15 is 0 Å². The molecule has 0 bridgehead atoms. The van der Waals surface area contributed by atoms with Crippen LogP contribution in [0, 0.1) is 5.92 Å². The molecule has 2 atom stereocenters. The molecule has 0 aromatic heterocycles. The van der Waals surface area contributed by atoms with Crippen molar-refractivity contribution in [3.8, 4) is 0 Å². The molecule has 0 amide bonds. The average molecular weight is 284 g/mol. The van der Waals surface area contributed by atoms with Crippen molar-refractivity contribution in [3.05, 3.63) is 47.5 Å². The van der Waals surface area contributed by atoms with Gasteiger partial charge in [-0.1, -0.05) is 81.0 Å². The van der Waals surface area contributed by atoms with Gasteiger partial charge in [0.1, 0.15) is 0 Å². The van der Waals surface area contributed by atoms with E-state index in [0.29, 0.717) is 0 Å². The molecule has 0 nitrogen and oxygen atoms in total. The molecule has 0 saturated heterocycles. The lowest BCUT2D eigenvalue weighted by molar-refractivity contribution is 0.610. The average Bonchev–Trinajstić information content (AvgIpc) is 3.26. The molecule has 1 aromatic carbocycles. The first-order valence-electron chi connectivity index (χ1n) is 9.02. The maximum atomic E-state index is 2.50. The molecular weight excluding hydrogens is 252 g/mol. The largest absolute Gasteiger partial charge is 0.0856 e. The van der Waals surface area contributed by atoms with Gasteiger partial charge in [-0.15, -0.1) is 0 Å². The summed E-state index contributed by atoms with van der Waals surface area (Å²) in [4.78, 5) is 0. The van der Waals surface area contributed by atoms with E-state index in [1.807, 2.05) is 0 Å². The van der Waals surface area contributed by atoms with Gasteiger partial charge < -0.3 is 0 Å². The lowest BCUT2D eigenvalue weighted by Crippen LogP contribution is -1.86. The predicted molar refractivity (Wildman–Crippen MR) is 93.7 cm³/mol. The number of hydrogen-bond donors (Lipinski definition) is 0. The Balaban J connectivity index is 1.58. The third-order valence-electron chi connectivity index (χ3n) is 4.78. The Morgan fingerprint density at radius 2 is 1.76 bits per heavy atom. The Morgan fingerprint density at radius 3 is 2.52 bits per heavy atom. The smallest absolute Gasteiger partial charge is 0.0127 e. The van der Waals surface area contributed by atoms with E-state index < -0.39 is 0 Å². The van der Waals surface area contributed by atoms with Crippen molar-refractivity contribution in [2.45, 2.75) is 77.6 Å². The summed E-state index contributed by atoms with van der Waals surface area (Å²) in [6.07, 6.45) is 14.9. The van der Waals surface area contributed by atoms with Crippen LogP contribution in [0.25, 0.3) is 0 Å². The molecule has 1 aliphatic rings. The zero-order chi connectivity index (χ0) is 14.9. The maximum Gasteiger partial charge on any atom is -0.0127 e. The standard InChI is InChI=1S/C21H32/c1-3-4-5-6-7-8-10-13-18(2)16-20-17-21(20)19-14-11-9-12-15-19/h9,11-15,20-21H,3-8,10,16-17H2,1-2H3/b18-13+/t20-,21-/m0/s1. The van der Waals surface area contributed by atoms with Crippen LogP contribution in [0.2, 0.25) is 0 Å². The van der Waals surface area contributed by atoms with Crippen LogP contribution >= 0.6 is 0 Å². The van der Waals surface area contributed by atoms with Crippen LogP contribution < -0.4 is 0 Å². The highest BCUT2D eigenvalue weighted by Gasteiger charge is 2.37. The molecule has 0 N–H and O–H groups in total. The summed E-state index contributed by atoms with van der Waals surface area (Å²) in [5.74, 6) is 1.75. The second-order valence-corrected chi connectivity index (χ2v) is 6.82. The molecule has 21 heavy (non-hydrogen) atoms. The first kappa shape index (κ1) is 16.3. The van der Waals surface area contributed by atoms with E-state index in [2.05, 4.69) is 50.3 Å². The van der Waals surface area contributed by atoms with Crippen molar-refractivity contribution < 1.29 is 0 Å². The van der Waals surface area contributed by atoms with Gasteiger partial charge in [-0.25, -0.2) is 0 Å². The molecule has 1 aliphatic carbocycles. The molecule has 0 aliphatic heterocycles. The molecule has 1 fully saturated rings. The SMILES string of the molecule is CCCCCCCC/C=C(\C)C[C@H]1C[C@H]1c1ccccc1. The molecule has 0 radical (unpaired) electrons. The first-order valence-corrected chi connectivity index (χ1v) is 9.02. The minimum atomic E-state index is 0.837. The molecular formula is C21H32. The van der Waals surface area contributed by atoms with Gasteiger partial charge in [0, 0.05) is 0 Å². The number of allylic oxidation sites excluding steroid dienone is 2. The molecule has 2 rings (SSSR count). The Morgan fingerprint density at radius 1 is 1.05 bits per heavy atom.